The molecular weight excluding hydrogens is 196 g/mol. The van der Waals surface area contributed by atoms with Crippen LogP contribution in [0.4, 0.5) is 5.69 Å². The fourth-order valence-electron chi connectivity index (χ4n) is 1.79. The van der Waals surface area contributed by atoms with E-state index in [1.165, 1.54) is 17.7 Å². The minimum atomic E-state index is 0.873. The Bertz CT molecular complexity index is 321. The van der Waals surface area contributed by atoms with E-state index in [0.717, 1.165) is 24.7 Å². The second kappa shape index (κ2) is 4.20. The molecule has 0 spiro atoms. The predicted molar refractivity (Wildman–Crippen MR) is 61.0 cm³/mol. The number of nitrogens with zero attached hydrogens (tertiary/aromatic N) is 1. The largest absolute Gasteiger partial charge is 0.370 e. The average Bonchev–Trinajstić information content (AvgIpc) is 2.08. The molecule has 0 bridgehead atoms. The molecule has 2 rings (SSSR count). The van der Waals surface area contributed by atoms with Gasteiger partial charge in [0.25, 0.3) is 0 Å². The van der Waals surface area contributed by atoms with Gasteiger partial charge in [0.1, 0.15) is 0 Å². The Kier molecular flexibility index (Phi) is 2.94. The number of hydrogen-bond donors (Lipinski definition) is 1. The number of anilines is 1. The molecule has 2 nitrogen and oxygen atoms in total. The Labute approximate surface area is 89.9 Å². The van der Waals surface area contributed by atoms with Gasteiger partial charge in [-0.25, -0.2) is 0 Å². The highest BCUT2D eigenvalue weighted by Crippen LogP contribution is 2.32. The van der Waals surface area contributed by atoms with Gasteiger partial charge in [-0.3, -0.25) is 0 Å². The minimum absolute atomic E-state index is 0.873. The van der Waals surface area contributed by atoms with Crippen molar-refractivity contribution < 1.29 is 0 Å². The van der Waals surface area contributed by atoms with Crippen LogP contribution in [0.3, 0.4) is 0 Å². The van der Waals surface area contributed by atoms with Crippen LogP contribution in [0.25, 0.3) is 0 Å². The SMILES string of the molecule is CNCc1cccc(Cl)c1N1CCC1. The standard InChI is InChI=1S/C11H15ClN2/c1-13-8-9-4-2-5-10(12)11(9)14-6-3-7-14/h2,4-5,13H,3,6-8H2,1H3. The smallest absolute Gasteiger partial charge is 0.0642 e. The molecule has 3 heteroatoms. The lowest BCUT2D eigenvalue weighted by Crippen LogP contribution is -2.38. The van der Waals surface area contributed by atoms with Gasteiger partial charge in [0, 0.05) is 19.6 Å². The molecule has 1 N–H and O–H groups in total. The van der Waals surface area contributed by atoms with E-state index in [9.17, 15) is 0 Å². The molecule has 0 saturated carbocycles. The summed E-state index contributed by atoms with van der Waals surface area (Å²) in [6, 6.07) is 6.11. The Morgan fingerprint density at radius 2 is 2.21 bits per heavy atom. The Balaban J connectivity index is 2.32. The van der Waals surface area contributed by atoms with E-state index in [2.05, 4.69) is 16.3 Å². The fourth-order valence-corrected chi connectivity index (χ4v) is 2.10. The van der Waals surface area contributed by atoms with Crippen molar-refractivity contribution in [1.29, 1.82) is 0 Å². The van der Waals surface area contributed by atoms with Gasteiger partial charge in [-0.2, -0.15) is 0 Å². The molecule has 1 fully saturated rings. The molecule has 14 heavy (non-hydrogen) atoms. The van der Waals surface area contributed by atoms with Crippen LogP contribution in [0.15, 0.2) is 18.2 Å². The second-order valence-corrected chi connectivity index (χ2v) is 4.03. The van der Waals surface area contributed by atoms with Gasteiger partial charge in [0.05, 0.1) is 10.7 Å². The molecule has 0 unspecified atom stereocenters. The van der Waals surface area contributed by atoms with E-state index < -0.39 is 0 Å². The van der Waals surface area contributed by atoms with Gasteiger partial charge >= 0.3 is 0 Å². The highest BCUT2D eigenvalue weighted by Gasteiger charge is 2.19. The normalized spacial score (nSPS) is 15.4. The van der Waals surface area contributed by atoms with E-state index in [1.807, 2.05) is 19.2 Å². The van der Waals surface area contributed by atoms with Crippen molar-refractivity contribution in [3.05, 3.63) is 28.8 Å². The summed E-state index contributed by atoms with van der Waals surface area (Å²) in [7, 11) is 1.96. The van der Waals surface area contributed by atoms with Crippen molar-refractivity contribution in [3.8, 4) is 0 Å². The summed E-state index contributed by atoms with van der Waals surface area (Å²) >= 11 is 6.20. The topological polar surface area (TPSA) is 15.3 Å². The van der Waals surface area contributed by atoms with Crippen LogP contribution in [0, 0.1) is 0 Å². The predicted octanol–water partition coefficient (Wildman–Crippen LogP) is 2.27. The summed E-state index contributed by atoms with van der Waals surface area (Å²) in [5.74, 6) is 0. The van der Waals surface area contributed by atoms with Crippen LogP contribution in [-0.2, 0) is 6.54 Å². The van der Waals surface area contributed by atoms with E-state index in [1.54, 1.807) is 0 Å². The number of benzene rings is 1. The van der Waals surface area contributed by atoms with E-state index in [0.29, 0.717) is 0 Å². The third-order valence-corrected chi connectivity index (χ3v) is 2.91. The lowest BCUT2D eigenvalue weighted by molar-refractivity contribution is 0.613. The average molecular weight is 211 g/mol. The molecule has 76 valence electrons. The first-order valence-corrected chi connectivity index (χ1v) is 5.37. The van der Waals surface area contributed by atoms with E-state index >= 15 is 0 Å². The van der Waals surface area contributed by atoms with Gasteiger partial charge < -0.3 is 10.2 Å². The summed E-state index contributed by atoms with van der Waals surface area (Å²) in [5, 5.41) is 4.04. The van der Waals surface area contributed by atoms with Gasteiger partial charge in [-0.1, -0.05) is 23.7 Å². The number of nitrogens with one attached hydrogen (secondary N) is 1. The molecule has 1 heterocycles. The summed E-state index contributed by atoms with van der Waals surface area (Å²) in [6.07, 6.45) is 1.28. The van der Waals surface area contributed by atoms with Crippen molar-refractivity contribution in [1.82, 2.24) is 5.32 Å². The molecule has 0 radical (unpaired) electrons. The molecular formula is C11H15ClN2. The number of halogens is 1. The van der Waals surface area contributed by atoms with Gasteiger partial charge in [0.15, 0.2) is 0 Å². The quantitative estimate of drug-likeness (QED) is 0.824. The van der Waals surface area contributed by atoms with Crippen LogP contribution >= 0.6 is 11.6 Å². The Hall–Kier alpha value is -0.730. The molecule has 0 aliphatic carbocycles. The first-order chi connectivity index (χ1) is 6.83. The van der Waals surface area contributed by atoms with Gasteiger partial charge in [-0.05, 0) is 25.1 Å². The molecule has 1 aromatic carbocycles. The summed E-state index contributed by atoms with van der Waals surface area (Å²) in [4.78, 5) is 2.34. The maximum atomic E-state index is 6.20. The zero-order valence-corrected chi connectivity index (χ0v) is 9.14. The molecule has 1 aromatic rings. The van der Waals surface area contributed by atoms with Crippen molar-refractivity contribution >= 4 is 17.3 Å². The Morgan fingerprint density at radius 3 is 2.79 bits per heavy atom. The van der Waals surface area contributed by atoms with Crippen LogP contribution < -0.4 is 10.2 Å². The number of rotatable bonds is 3. The summed E-state index contributed by atoms with van der Waals surface area (Å²) in [5.41, 5.74) is 2.51. The van der Waals surface area contributed by atoms with Crippen LogP contribution in [0.2, 0.25) is 5.02 Å². The van der Waals surface area contributed by atoms with Crippen molar-refractivity contribution in [3.63, 3.8) is 0 Å². The number of hydrogen-bond acceptors (Lipinski definition) is 2. The van der Waals surface area contributed by atoms with Crippen molar-refractivity contribution in [2.24, 2.45) is 0 Å². The van der Waals surface area contributed by atoms with Crippen LogP contribution in [-0.4, -0.2) is 20.1 Å². The van der Waals surface area contributed by atoms with E-state index in [-0.39, 0.29) is 0 Å². The zero-order valence-electron chi connectivity index (χ0n) is 8.39. The highest BCUT2D eigenvalue weighted by molar-refractivity contribution is 6.33. The maximum Gasteiger partial charge on any atom is 0.0642 e. The van der Waals surface area contributed by atoms with Crippen LogP contribution in [0.5, 0.6) is 0 Å². The second-order valence-electron chi connectivity index (χ2n) is 3.62. The third-order valence-electron chi connectivity index (χ3n) is 2.61. The lowest BCUT2D eigenvalue weighted by atomic mass is 10.1. The van der Waals surface area contributed by atoms with Crippen LogP contribution in [0.1, 0.15) is 12.0 Å². The van der Waals surface area contributed by atoms with Crippen molar-refractivity contribution in [2.45, 2.75) is 13.0 Å². The van der Waals surface area contributed by atoms with Gasteiger partial charge in [-0.15, -0.1) is 0 Å². The minimum Gasteiger partial charge on any atom is -0.370 e. The lowest BCUT2D eigenvalue weighted by Gasteiger charge is -2.35. The molecule has 1 saturated heterocycles. The first-order valence-electron chi connectivity index (χ1n) is 5.00. The molecule has 1 aliphatic heterocycles. The molecule has 1 aliphatic rings. The first kappa shape index (κ1) is 9.81. The zero-order chi connectivity index (χ0) is 9.97. The van der Waals surface area contributed by atoms with Crippen molar-refractivity contribution in [2.75, 3.05) is 25.0 Å². The van der Waals surface area contributed by atoms with Gasteiger partial charge in [0.2, 0.25) is 0 Å². The molecule has 0 aromatic heterocycles. The summed E-state index contributed by atoms with van der Waals surface area (Å²) < 4.78 is 0. The molecule has 0 amide bonds. The number of para-hydroxylation sites is 1. The Morgan fingerprint density at radius 1 is 1.43 bits per heavy atom. The summed E-state index contributed by atoms with van der Waals surface area (Å²) in [6.45, 7) is 3.16. The maximum absolute atomic E-state index is 6.20. The molecule has 0 atom stereocenters. The monoisotopic (exact) mass is 210 g/mol. The highest BCUT2D eigenvalue weighted by atomic mass is 35.5. The van der Waals surface area contributed by atoms with E-state index in [4.69, 9.17) is 11.6 Å². The fraction of sp³-hybridized carbons (Fsp3) is 0.455. The third kappa shape index (κ3) is 1.72.